The van der Waals surface area contributed by atoms with Crippen LogP contribution in [0.4, 0.5) is 16.4 Å². The van der Waals surface area contributed by atoms with Crippen LogP contribution in [0.15, 0.2) is 12.1 Å². The summed E-state index contributed by atoms with van der Waals surface area (Å²) in [6.45, 7) is 10.6. The Balaban J connectivity index is 1.42. The Morgan fingerprint density at radius 3 is 2.36 bits per heavy atom. The summed E-state index contributed by atoms with van der Waals surface area (Å²) in [4.78, 5) is 37.5. The molecule has 0 radical (unpaired) electrons. The molecule has 10 heteroatoms. The minimum atomic E-state index is -0.877. The van der Waals surface area contributed by atoms with Gasteiger partial charge in [-0.3, -0.25) is 9.89 Å². The van der Waals surface area contributed by atoms with E-state index < -0.39 is 17.2 Å². The number of H-pyrrole nitrogens is 1. The number of rotatable bonds is 5. The summed E-state index contributed by atoms with van der Waals surface area (Å²) in [5.74, 6) is 2.38. The second-order valence-corrected chi connectivity index (χ2v) is 11.1. The van der Waals surface area contributed by atoms with Crippen LogP contribution in [0.25, 0.3) is 0 Å². The van der Waals surface area contributed by atoms with E-state index >= 15 is 0 Å². The van der Waals surface area contributed by atoms with Crippen LogP contribution in [0.5, 0.6) is 0 Å². The van der Waals surface area contributed by atoms with Crippen molar-refractivity contribution in [2.45, 2.75) is 96.6 Å². The van der Waals surface area contributed by atoms with E-state index in [0.29, 0.717) is 43.4 Å². The second-order valence-electron chi connectivity index (χ2n) is 11.1. The molecule has 0 atom stereocenters. The molecule has 2 aromatic heterocycles. The lowest BCUT2D eigenvalue weighted by atomic mass is 9.80. The number of aryl methyl sites for hydroxylation is 2. The fourth-order valence-electron chi connectivity index (χ4n) is 5.20. The highest BCUT2D eigenvalue weighted by Gasteiger charge is 2.45. The molecule has 2 aliphatic rings. The lowest BCUT2D eigenvalue weighted by Gasteiger charge is -2.42. The number of amides is 2. The predicted molar refractivity (Wildman–Crippen MR) is 137 cm³/mol. The molecule has 2 aromatic rings. The van der Waals surface area contributed by atoms with E-state index in [-0.39, 0.29) is 11.8 Å². The molecule has 0 spiro atoms. The van der Waals surface area contributed by atoms with Crippen molar-refractivity contribution in [2.24, 2.45) is 0 Å². The quantitative estimate of drug-likeness (QED) is 0.556. The highest BCUT2D eigenvalue weighted by molar-refractivity contribution is 5.90. The van der Waals surface area contributed by atoms with Crippen molar-refractivity contribution < 1.29 is 14.3 Å². The number of hydrogen-bond acceptors (Lipinski definition) is 7. The largest absolute Gasteiger partial charge is 0.444 e. The smallest absolute Gasteiger partial charge is 0.408 e. The monoisotopic (exact) mass is 497 g/mol. The molecule has 0 aromatic carbocycles. The van der Waals surface area contributed by atoms with Crippen LogP contribution in [0, 0.1) is 13.8 Å². The van der Waals surface area contributed by atoms with Gasteiger partial charge in [-0.2, -0.15) is 5.10 Å². The summed E-state index contributed by atoms with van der Waals surface area (Å²) in [7, 11) is 0. The summed E-state index contributed by atoms with van der Waals surface area (Å²) < 4.78 is 5.50. The number of likely N-dealkylation sites (tertiary alicyclic amines) is 1. The Morgan fingerprint density at radius 1 is 1.06 bits per heavy atom. The molecule has 4 rings (SSSR count). The number of alkyl carbamates (subject to hydrolysis) is 1. The maximum atomic E-state index is 13.7. The summed E-state index contributed by atoms with van der Waals surface area (Å²) in [6.07, 6.45) is 5.32. The van der Waals surface area contributed by atoms with Gasteiger partial charge >= 0.3 is 6.09 Å². The van der Waals surface area contributed by atoms with Crippen molar-refractivity contribution >= 4 is 23.6 Å². The van der Waals surface area contributed by atoms with E-state index in [9.17, 15) is 9.59 Å². The minimum absolute atomic E-state index is 0.0154. The molecule has 0 bridgehead atoms. The average molecular weight is 498 g/mol. The van der Waals surface area contributed by atoms with E-state index in [0.717, 1.165) is 43.5 Å². The number of hydrogen-bond donors (Lipinski definition) is 3. The highest BCUT2D eigenvalue weighted by atomic mass is 16.6. The van der Waals surface area contributed by atoms with Crippen molar-refractivity contribution in [1.82, 2.24) is 30.4 Å². The Labute approximate surface area is 213 Å². The third kappa shape index (κ3) is 6.33. The zero-order chi connectivity index (χ0) is 25.9. The van der Waals surface area contributed by atoms with Gasteiger partial charge in [0.1, 0.15) is 22.8 Å². The van der Waals surface area contributed by atoms with E-state index in [1.165, 1.54) is 0 Å². The molecule has 2 fully saturated rings. The molecule has 1 saturated heterocycles. The van der Waals surface area contributed by atoms with Gasteiger partial charge < -0.3 is 20.3 Å². The lowest BCUT2D eigenvalue weighted by molar-refractivity contribution is -0.141. The topological polar surface area (TPSA) is 125 Å². The van der Waals surface area contributed by atoms with Crippen molar-refractivity contribution in [3.05, 3.63) is 29.3 Å². The first-order chi connectivity index (χ1) is 17.0. The Kier molecular flexibility index (Phi) is 7.51. The van der Waals surface area contributed by atoms with Crippen molar-refractivity contribution in [1.29, 1.82) is 0 Å². The normalized spacial score (nSPS) is 18.5. The molecule has 36 heavy (non-hydrogen) atoms. The van der Waals surface area contributed by atoms with Gasteiger partial charge in [-0.05, 0) is 60.3 Å². The van der Waals surface area contributed by atoms with Crippen LogP contribution >= 0.6 is 0 Å². The van der Waals surface area contributed by atoms with Crippen LogP contribution in [-0.2, 0) is 9.53 Å². The molecular weight excluding hydrogens is 458 g/mol. The van der Waals surface area contributed by atoms with Gasteiger partial charge in [0, 0.05) is 42.5 Å². The standard InChI is InChI=1S/C26H39N7O3/c1-17-15-22(32-31-17)29-21-16-20(27-18(2)28-21)19-9-13-33(14-10-19)23(34)26(11-7-6-8-12-26)30-24(35)36-25(3,4)5/h15-16,19H,6-14H2,1-5H3,(H,30,35)(H2,27,28,29,31,32). The molecule has 10 nitrogen and oxygen atoms in total. The first-order valence-electron chi connectivity index (χ1n) is 13.0. The van der Waals surface area contributed by atoms with E-state index in [1.807, 2.05) is 51.7 Å². The van der Waals surface area contributed by atoms with Crippen molar-refractivity contribution in [2.75, 3.05) is 18.4 Å². The summed E-state index contributed by atoms with van der Waals surface area (Å²) in [5.41, 5.74) is 0.458. The number of anilines is 2. The van der Waals surface area contributed by atoms with Gasteiger partial charge in [-0.25, -0.2) is 14.8 Å². The zero-order valence-electron chi connectivity index (χ0n) is 22.1. The molecule has 1 aliphatic carbocycles. The van der Waals surface area contributed by atoms with Gasteiger partial charge in [-0.1, -0.05) is 19.3 Å². The van der Waals surface area contributed by atoms with Gasteiger partial charge in [0.2, 0.25) is 5.91 Å². The van der Waals surface area contributed by atoms with E-state index in [1.54, 1.807) is 0 Å². The van der Waals surface area contributed by atoms with Crippen LogP contribution in [0.1, 0.15) is 88.8 Å². The molecular formula is C26H39N7O3. The third-order valence-electron chi connectivity index (χ3n) is 6.88. The van der Waals surface area contributed by atoms with E-state index in [4.69, 9.17) is 9.72 Å². The lowest BCUT2D eigenvalue weighted by Crippen LogP contribution is -2.62. The van der Waals surface area contributed by atoms with Gasteiger partial charge in [0.25, 0.3) is 0 Å². The number of nitrogens with zero attached hydrogens (tertiary/aromatic N) is 4. The van der Waals surface area contributed by atoms with Crippen LogP contribution in [-0.4, -0.2) is 61.3 Å². The number of ether oxygens (including phenoxy) is 1. The molecule has 2 amide bonds. The van der Waals surface area contributed by atoms with E-state index in [2.05, 4.69) is 25.8 Å². The molecule has 1 saturated carbocycles. The maximum Gasteiger partial charge on any atom is 0.408 e. The highest BCUT2D eigenvalue weighted by Crippen LogP contribution is 2.34. The second kappa shape index (κ2) is 10.4. The number of aromatic amines is 1. The maximum absolute atomic E-state index is 13.7. The fourth-order valence-corrected chi connectivity index (χ4v) is 5.20. The number of piperidine rings is 1. The van der Waals surface area contributed by atoms with Crippen molar-refractivity contribution in [3.63, 3.8) is 0 Å². The number of nitrogens with one attached hydrogen (secondary N) is 3. The van der Waals surface area contributed by atoms with Crippen LogP contribution < -0.4 is 10.6 Å². The zero-order valence-corrected chi connectivity index (χ0v) is 22.1. The molecule has 3 N–H and O–H groups in total. The first-order valence-corrected chi connectivity index (χ1v) is 13.0. The van der Waals surface area contributed by atoms with Gasteiger partial charge in [-0.15, -0.1) is 0 Å². The van der Waals surface area contributed by atoms with Gasteiger partial charge in [0.15, 0.2) is 5.82 Å². The summed E-state index contributed by atoms with van der Waals surface area (Å²) >= 11 is 0. The molecule has 196 valence electrons. The number of carbonyl (C=O) groups excluding carboxylic acids is 2. The first kappa shape index (κ1) is 25.9. The molecule has 3 heterocycles. The number of carbonyl (C=O) groups is 2. The Morgan fingerprint density at radius 2 is 1.75 bits per heavy atom. The van der Waals surface area contributed by atoms with Crippen molar-refractivity contribution in [3.8, 4) is 0 Å². The molecule has 0 unspecified atom stereocenters. The average Bonchev–Trinajstić information content (AvgIpc) is 3.22. The predicted octanol–water partition coefficient (Wildman–Crippen LogP) is 4.49. The molecule has 1 aliphatic heterocycles. The third-order valence-corrected chi connectivity index (χ3v) is 6.88. The summed E-state index contributed by atoms with van der Waals surface area (Å²) in [5, 5.41) is 13.4. The Hall–Kier alpha value is -3.17. The van der Waals surface area contributed by atoms with Crippen LogP contribution in [0.2, 0.25) is 0 Å². The van der Waals surface area contributed by atoms with Gasteiger partial charge in [0.05, 0.1) is 0 Å². The minimum Gasteiger partial charge on any atom is -0.444 e. The fraction of sp³-hybridized carbons (Fsp3) is 0.654. The Bertz CT molecular complexity index is 1080. The van der Waals surface area contributed by atoms with Crippen LogP contribution in [0.3, 0.4) is 0 Å². The number of aromatic nitrogens is 4. The SMILES string of the molecule is Cc1nc(Nc2cc(C)[nH]n2)cc(C2CCN(C(=O)C3(NC(=O)OC(C)(C)C)CCCCC3)CC2)n1. The summed E-state index contributed by atoms with van der Waals surface area (Å²) in [6, 6.07) is 3.90.